The zero-order valence-corrected chi connectivity index (χ0v) is 16.4. The van der Waals surface area contributed by atoms with Gasteiger partial charge in [0.2, 0.25) is 10.0 Å². The van der Waals surface area contributed by atoms with Crippen LogP contribution in [0.2, 0.25) is 0 Å². The zero-order valence-electron chi connectivity index (χ0n) is 15.6. The van der Waals surface area contributed by atoms with Crippen LogP contribution in [0.5, 0.6) is 0 Å². The van der Waals surface area contributed by atoms with Crippen molar-refractivity contribution in [2.45, 2.75) is 51.5 Å². The van der Waals surface area contributed by atoms with Gasteiger partial charge in [-0.25, -0.2) is 8.42 Å². The molecule has 144 valence electrons. The average Bonchev–Trinajstić information content (AvgIpc) is 3.42. The van der Waals surface area contributed by atoms with E-state index in [2.05, 4.69) is 5.32 Å². The number of rotatable bonds is 8. The Bertz CT molecular complexity index is 783. The second kappa shape index (κ2) is 8.18. The van der Waals surface area contributed by atoms with Gasteiger partial charge in [0.05, 0.1) is 10.8 Å². The SMILES string of the molecule is CCN(CC)S(=O)(=O)c1cc(NC(=O)[C@H](C)OC(=O)C2CC2)ccc1C. The lowest BCUT2D eigenvalue weighted by molar-refractivity contribution is -0.154. The van der Waals surface area contributed by atoms with E-state index in [1.54, 1.807) is 32.9 Å². The van der Waals surface area contributed by atoms with Gasteiger partial charge in [0.25, 0.3) is 5.91 Å². The molecule has 1 saturated carbocycles. The Morgan fingerprint density at radius 3 is 2.42 bits per heavy atom. The molecule has 1 atom stereocenters. The molecule has 7 nitrogen and oxygen atoms in total. The molecule has 2 rings (SSSR count). The highest BCUT2D eigenvalue weighted by Gasteiger charge is 2.33. The largest absolute Gasteiger partial charge is 0.452 e. The number of amides is 1. The van der Waals surface area contributed by atoms with Crippen molar-refractivity contribution in [2.24, 2.45) is 5.92 Å². The highest BCUT2D eigenvalue weighted by atomic mass is 32.2. The third kappa shape index (κ3) is 4.62. The van der Waals surface area contributed by atoms with Crippen molar-refractivity contribution in [1.29, 1.82) is 0 Å². The van der Waals surface area contributed by atoms with E-state index in [9.17, 15) is 18.0 Å². The molecule has 1 aromatic carbocycles. The molecule has 0 aliphatic heterocycles. The van der Waals surface area contributed by atoms with Crippen LogP contribution in [0, 0.1) is 12.8 Å². The first-order valence-electron chi connectivity index (χ1n) is 8.82. The molecule has 0 unspecified atom stereocenters. The lowest BCUT2D eigenvalue weighted by Gasteiger charge is -2.20. The Labute approximate surface area is 154 Å². The van der Waals surface area contributed by atoms with Crippen LogP contribution in [-0.4, -0.2) is 43.8 Å². The van der Waals surface area contributed by atoms with Crippen molar-refractivity contribution >= 4 is 27.6 Å². The minimum atomic E-state index is -3.64. The van der Waals surface area contributed by atoms with Crippen LogP contribution >= 0.6 is 0 Å². The molecule has 0 heterocycles. The maximum Gasteiger partial charge on any atom is 0.309 e. The van der Waals surface area contributed by atoms with E-state index in [0.717, 1.165) is 12.8 Å². The van der Waals surface area contributed by atoms with E-state index in [0.29, 0.717) is 24.3 Å². The molecule has 1 aliphatic carbocycles. The Morgan fingerprint density at radius 2 is 1.88 bits per heavy atom. The first-order valence-corrected chi connectivity index (χ1v) is 10.3. The Morgan fingerprint density at radius 1 is 1.27 bits per heavy atom. The van der Waals surface area contributed by atoms with Gasteiger partial charge in [-0.3, -0.25) is 9.59 Å². The molecule has 0 saturated heterocycles. The Balaban J connectivity index is 2.15. The maximum atomic E-state index is 12.8. The number of aryl methyl sites for hydroxylation is 1. The molecule has 0 spiro atoms. The number of benzene rings is 1. The number of hydrogen-bond acceptors (Lipinski definition) is 5. The summed E-state index contributed by atoms with van der Waals surface area (Å²) in [5.74, 6) is -0.939. The summed E-state index contributed by atoms with van der Waals surface area (Å²) in [6.45, 7) is 7.49. The van der Waals surface area contributed by atoms with E-state index in [-0.39, 0.29) is 16.8 Å². The fourth-order valence-electron chi connectivity index (χ4n) is 2.55. The van der Waals surface area contributed by atoms with Crippen LogP contribution in [0.3, 0.4) is 0 Å². The molecular weight excluding hydrogens is 356 g/mol. The summed E-state index contributed by atoms with van der Waals surface area (Å²) < 4.78 is 32.0. The summed E-state index contributed by atoms with van der Waals surface area (Å²) in [6.07, 6.45) is 0.669. The summed E-state index contributed by atoms with van der Waals surface area (Å²) in [7, 11) is -3.64. The third-order valence-electron chi connectivity index (χ3n) is 4.35. The van der Waals surface area contributed by atoms with Gasteiger partial charge in [0, 0.05) is 18.8 Å². The molecule has 8 heteroatoms. The first-order chi connectivity index (χ1) is 12.2. The lowest BCUT2D eigenvalue weighted by atomic mass is 10.2. The molecule has 1 aromatic rings. The van der Waals surface area contributed by atoms with Crippen molar-refractivity contribution < 1.29 is 22.7 Å². The van der Waals surface area contributed by atoms with Gasteiger partial charge in [0.15, 0.2) is 6.10 Å². The molecule has 0 aromatic heterocycles. The van der Waals surface area contributed by atoms with Crippen LogP contribution in [0.1, 0.15) is 39.2 Å². The maximum absolute atomic E-state index is 12.8. The summed E-state index contributed by atoms with van der Waals surface area (Å²) in [5.41, 5.74) is 0.948. The number of nitrogens with zero attached hydrogens (tertiary/aromatic N) is 1. The predicted octanol–water partition coefficient (Wildman–Crippen LogP) is 2.31. The minimum Gasteiger partial charge on any atom is -0.452 e. The number of esters is 1. The first kappa shape index (κ1) is 20.4. The van der Waals surface area contributed by atoms with Crippen LogP contribution in [-0.2, 0) is 24.3 Å². The fourth-order valence-corrected chi connectivity index (χ4v) is 4.25. The fraction of sp³-hybridized carbons (Fsp3) is 0.556. The normalized spacial score (nSPS) is 15.6. The molecule has 0 radical (unpaired) electrons. The van der Waals surface area contributed by atoms with Gasteiger partial charge < -0.3 is 10.1 Å². The summed E-state index contributed by atoms with van der Waals surface area (Å²) in [6, 6.07) is 4.72. The van der Waals surface area contributed by atoms with E-state index >= 15 is 0 Å². The average molecular weight is 382 g/mol. The van der Waals surface area contributed by atoms with Gasteiger partial charge >= 0.3 is 5.97 Å². The monoisotopic (exact) mass is 382 g/mol. The molecule has 1 aliphatic rings. The highest BCUT2D eigenvalue weighted by Crippen LogP contribution is 2.30. The smallest absolute Gasteiger partial charge is 0.309 e. The summed E-state index contributed by atoms with van der Waals surface area (Å²) in [4.78, 5) is 24.0. The molecule has 1 amide bonds. The van der Waals surface area contributed by atoms with E-state index < -0.39 is 22.0 Å². The van der Waals surface area contributed by atoms with E-state index in [1.165, 1.54) is 17.3 Å². The van der Waals surface area contributed by atoms with E-state index in [1.807, 2.05) is 0 Å². The van der Waals surface area contributed by atoms with Gasteiger partial charge in [-0.1, -0.05) is 19.9 Å². The number of hydrogen-bond donors (Lipinski definition) is 1. The number of carbonyl (C=O) groups excluding carboxylic acids is 2. The predicted molar refractivity (Wildman–Crippen MR) is 98.2 cm³/mol. The van der Waals surface area contributed by atoms with Crippen molar-refractivity contribution in [1.82, 2.24) is 4.31 Å². The highest BCUT2D eigenvalue weighted by molar-refractivity contribution is 7.89. The summed E-state index contributed by atoms with van der Waals surface area (Å²) >= 11 is 0. The van der Waals surface area contributed by atoms with Crippen LogP contribution in [0.25, 0.3) is 0 Å². The molecule has 26 heavy (non-hydrogen) atoms. The number of anilines is 1. The number of sulfonamides is 1. The Kier molecular flexibility index (Phi) is 6.41. The molecule has 1 N–H and O–H groups in total. The van der Waals surface area contributed by atoms with Crippen molar-refractivity contribution in [2.75, 3.05) is 18.4 Å². The van der Waals surface area contributed by atoms with Crippen LogP contribution in [0.4, 0.5) is 5.69 Å². The van der Waals surface area contributed by atoms with Crippen molar-refractivity contribution in [3.8, 4) is 0 Å². The van der Waals surface area contributed by atoms with Crippen LogP contribution in [0.15, 0.2) is 23.1 Å². The third-order valence-corrected chi connectivity index (χ3v) is 6.54. The quantitative estimate of drug-likeness (QED) is 0.697. The molecule has 1 fully saturated rings. The zero-order chi connectivity index (χ0) is 19.5. The topological polar surface area (TPSA) is 92.8 Å². The van der Waals surface area contributed by atoms with Gasteiger partial charge in [0.1, 0.15) is 0 Å². The second-order valence-corrected chi connectivity index (χ2v) is 8.32. The van der Waals surface area contributed by atoms with Crippen molar-refractivity contribution in [3.63, 3.8) is 0 Å². The molecule has 0 bridgehead atoms. The van der Waals surface area contributed by atoms with E-state index in [4.69, 9.17) is 4.74 Å². The van der Waals surface area contributed by atoms with Crippen LogP contribution < -0.4 is 5.32 Å². The van der Waals surface area contributed by atoms with Gasteiger partial charge in [-0.15, -0.1) is 0 Å². The number of ether oxygens (including phenoxy) is 1. The van der Waals surface area contributed by atoms with Crippen molar-refractivity contribution in [3.05, 3.63) is 23.8 Å². The van der Waals surface area contributed by atoms with Gasteiger partial charge in [-0.05, 0) is 44.4 Å². The molecular formula is C18H26N2O5S. The number of nitrogens with one attached hydrogen (secondary N) is 1. The standard InChI is InChI=1S/C18H26N2O5S/c1-5-20(6-2)26(23,24)16-11-15(10-7-12(16)3)19-17(21)13(4)25-18(22)14-8-9-14/h7,10-11,13-14H,5-6,8-9H2,1-4H3,(H,19,21)/t13-/m0/s1. The minimum absolute atomic E-state index is 0.0876. The Hall–Kier alpha value is -1.93. The number of carbonyl (C=O) groups is 2. The summed E-state index contributed by atoms with van der Waals surface area (Å²) in [5, 5.41) is 2.62. The van der Waals surface area contributed by atoms with Gasteiger partial charge in [-0.2, -0.15) is 4.31 Å². The lowest BCUT2D eigenvalue weighted by Crippen LogP contribution is -2.32. The second-order valence-electron chi connectivity index (χ2n) is 6.41.